The van der Waals surface area contributed by atoms with Crippen molar-refractivity contribution in [1.82, 2.24) is 0 Å². The highest BCUT2D eigenvalue weighted by Gasteiger charge is 1.76. The van der Waals surface area contributed by atoms with Crippen molar-refractivity contribution in [2.45, 2.75) is 60.8 Å². The molecule has 0 N–H and O–H groups in total. The Morgan fingerprint density at radius 1 is 1.00 bits per heavy atom. The molecule has 0 spiro atoms. The highest BCUT2D eigenvalue weighted by atomic mass is 13.8. The topological polar surface area (TPSA) is 0 Å². The Balaban J connectivity index is -0.000000114. The van der Waals surface area contributed by atoms with Gasteiger partial charge in [0.1, 0.15) is 0 Å². The summed E-state index contributed by atoms with van der Waals surface area (Å²) in [5.74, 6) is 0. The predicted octanol–water partition coefficient (Wildman–Crippen LogP) is 4.81. The van der Waals surface area contributed by atoms with Crippen LogP contribution in [0.3, 0.4) is 0 Å². The first-order chi connectivity index (χ1) is 4.68. The third kappa shape index (κ3) is 41.7. The van der Waals surface area contributed by atoms with Crippen LogP contribution in [0.4, 0.5) is 0 Å². The molecule has 0 saturated carbocycles. The van der Waals surface area contributed by atoms with Crippen molar-refractivity contribution in [2.75, 3.05) is 0 Å². The van der Waals surface area contributed by atoms with Crippen molar-refractivity contribution in [1.29, 1.82) is 0 Å². The van der Waals surface area contributed by atoms with Crippen molar-refractivity contribution in [2.24, 2.45) is 0 Å². The molecule has 0 bridgehead atoms. The molecule has 0 heteroatoms. The van der Waals surface area contributed by atoms with Gasteiger partial charge in [0.2, 0.25) is 0 Å². The Morgan fingerprint density at radius 2 is 1.36 bits per heavy atom. The smallest absolute Gasteiger partial charge is 0.0328 e. The molecule has 11 heavy (non-hydrogen) atoms. The van der Waals surface area contributed by atoms with Crippen LogP contribution in [0.5, 0.6) is 0 Å². The van der Waals surface area contributed by atoms with Crippen LogP contribution >= 0.6 is 0 Å². The maximum atomic E-state index is 3.74. The lowest BCUT2D eigenvalue weighted by molar-refractivity contribution is 0.886. The predicted molar refractivity (Wildman–Crippen MR) is 57.0 cm³/mol. The van der Waals surface area contributed by atoms with Crippen LogP contribution in [0.1, 0.15) is 60.8 Å². The van der Waals surface area contributed by atoms with E-state index in [1.807, 2.05) is 0 Å². The minimum Gasteiger partial charge on any atom is -0.100 e. The average Bonchev–Trinajstić information content (AvgIpc) is 1.89. The number of rotatable bonds is 3. The molecule has 0 aliphatic heterocycles. The van der Waals surface area contributed by atoms with Crippen LogP contribution < -0.4 is 0 Å². The van der Waals surface area contributed by atoms with E-state index in [-0.39, 0.29) is 7.43 Å². The van der Waals surface area contributed by atoms with Gasteiger partial charge in [0.15, 0.2) is 0 Å². The van der Waals surface area contributed by atoms with Gasteiger partial charge in [-0.3, -0.25) is 0 Å². The summed E-state index contributed by atoms with van der Waals surface area (Å²) in [5.41, 5.74) is 1.29. The van der Waals surface area contributed by atoms with Gasteiger partial charge in [-0.1, -0.05) is 53.0 Å². The summed E-state index contributed by atoms with van der Waals surface area (Å²) in [5, 5.41) is 0. The minimum absolute atomic E-state index is 0. The zero-order valence-electron chi connectivity index (χ0n) is 8.04. The summed E-state index contributed by atoms with van der Waals surface area (Å²) >= 11 is 0. The lowest BCUT2D eigenvalue weighted by atomic mass is 10.2. The third-order valence-corrected chi connectivity index (χ3v) is 1.18. The van der Waals surface area contributed by atoms with Crippen LogP contribution in [0.25, 0.3) is 0 Å². The first-order valence-corrected chi connectivity index (χ1v) is 4.33. The maximum absolute atomic E-state index is 3.74. The van der Waals surface area contributed by atoms with Crippen molar-refractivity contribution in [3.63, 3.8) is 0 Å². The van der Waals surface area contributed by atoms with E-state index in [2.05, 4.69) is 34.3 Å². The Hall–Kier alpha value is -0.260. The molecule has 0 fully saturated rings. The first-order valence-electron chi connectivity index (χ1n) is 4.33. The van der Waals surface area contributed by atoms with Crippen molar-refractivity contribution in [3.05, 3.63) is 12.2 Å². The SMILES string of the molecule is C.C=C(C)CCC.CCCC. The van der Waals surface area contributed by atoms with E-state index in [0.29, 0.717) is 0 Å². The first kappa shape index (κ1) is 17.0. The Labute approximate surface area is 73.7 Å². The van der Waals surface area contributed by atoms with Gasteiger partial charge in [0.25, 0.3) is 0 Å². The molecule has 0 saturated heterocycles. The van der Waals surface area contributed by atoms with Gasteiger partial charge >= 0.3 is 0 Å². The number of hydrogen-bond acceptors (Lipinski definition) is 0. The molecule has 0 aliphatic carbocycles. The summed E-state index contributed by atoms with van der Waals surface area (Å²) in [6, 6.07) is 0. The second-order valence-corrected chi connectivity index (χ2v) is 2.71. The van der Waals surface area contributed by atoms with Gasteiger partial charge in [0.05, 0.1) is 0 Å². The van der Waals surface area contributed by atoms with Crippen LogP contribution in [-0.2, 0) is 0 Å². The second kappa shape index (κ2) is 16.4. The molecule has 0 radical (unpaired) electrons. The fourth-order valence-corrected chi connectivity index (χ4v) is 0.427. The molecule has 0 amide bonds. The molecule has 0 nitrogen and oxygen atoms in total. The fourth-order valence-electron chi connectivity index (χ4n) is 0.427. The number of hydrogen-bond donors (Lipinski definition) is 0. The summed E-state index contributed by atoms with van der Waals surface area (Å²) in [6.07, 6.45) is 5.05. The molecule has 0 heterocycles. The molecular formula is C11H26. The largest absolute Gasteiger partial charge is 0.100 e. The molecule has 70 valence electrons. The van der Waals surface area contributed by atoms with Crippen molar-refractivity contribution >= 4 is 0 Å². The zero-order chi connectivity index (χ0) is 8.41. The van der Waals surface area contributed by atoms with Crippen molar-refractivity contribution < 1.29 is 0 Å². The van der Waals surface area contributed by atoms with E-state index in [4.69, 9.17) is 0 Å². The molecule has 0 rings (SSSR count). The van der Waals surface area contributed by atoms with Crippen LogP contribution in [0.15, 0.2) is 12.2 Å². The molecule has 0 aromatic rings. The molecular weight excluding hydrogens is 132 g/mol. The lowest BCUT2D eigenvalue weighted by Gasteiger charge is -1.87. The van der Waals surface area contributed by atoms with Crippen LogP contribution in [-0.4, -0.2) is 0 Å². The van der Waals surface area contributed by atoms with Gasteiger partial charge in [-0.25, -0.2) is 0 Å². The van der Waals surface area contributed by atoms with Gasteiger partial charge in [-0.15, -0.1) is 6.58 Å². The molecule has 0 unspecified atom stereocenters. The van der Waals surface area contributed by atoms with Gasteiger partial charge < -0.3 is 0 Å². The number of unbranched alkanes of at least 4 members (excludes halogenated alkanes) is 1. The quantitative estimate of drug-likeness (QED) is 0.517. The molecule has 0 atom stereocenters. The number of allylic oxidation sites excluding steroid dienone is 1. The monoisotopic (exact) mass is 158 g/mol. The van der Waals surface area contributed by atoms with E-state index in [0.717, 1.165) is 0 Å². The van der Waals surface area contributed by atoms with Crippen LogP contribution in [0, 0.1) is 0 Å². The standard InChI is InChI=1S/C6H12.C4H10.CH4/c1-4-5-6(2)3;1-3-4-2;/h2,4-5H2,1,3H3;3-4H2,1-2H3;1H4. The molecule has 0 aromatic carbocycles. The highest BCUT2D eigenvalue weighted by Crippen LogP contribution is 1.96. The average molecular weight is 158 g/mol. The fraction of sp³-hybridized carbons (Fsp3) is 0.818. The third-order valence-electron chi connectivity index (χ3n) is 1.18. The highest BCUT2D eigenvalue weighted by molar-refractivity contribution is 4.86. The van der Waals surface area contributed by atoms with E-state index >= 15 is 0 Å². The minimum atomic E-state index is 0. The van der Waals surface area contributed by atoms with Gasteiger partial charge in [-0.05, 0) is 13.3 Å². The zero-order valence-corrected chi connectivity index (χ0v) is 8.04. The molecule has 0 aromatic heterocycles. The maximum Gasteiger partial charge on any atom is -0.0328 e. The van der Waals surface area contributed by atoms with E-state index in [1.54, 1.807) is 0 Å². The van der Waals surface area contributed by atoms with Crippen LogP contribution in [0.2, 0.25) is 0 Å². The van der Waals surface area contributed by atoms with E-state index in [1.165, 1.54) is 31.3 Å². The van der Waals surface area contributed by atoms with Gasteiger partial charge in [-0.2, -0.15) is 0 Å². The van der Waals surface area contributed by atoms with E-state index < -0.39 is 0 Å². The summed E-state index contributed by atoms with van der Waals surface area (Å²) in [6.45, 7) is 12.3. The molecule has 0 aliphatic rings. The lowest BCUT2D eigenvalue weighted by Crippen LogP contribution is -1.66. The summed E-state index contributed by atoms with van der Waals surface area (Å²) in [4.78, 5) is 0. The Bertz CT molecular complexity index is 60.4. The Morgan fingerprint density at radius 3 is 1.36 bits per heavy atom. The van der Waals surface area contributed by atoms with Gasteiger partial charge in [0, 0.05) is 0 Å². The Kier molecular flexibility index (Phi) is 25.3. The normalized spacial score (nSPS) is 7.27. The van der Waals surface area contributed by atoms with E-state index in [9.17, 15) is 0 Å². The summed E-state index contributed by atoms with van der Waals surface area (Å²) < 4.78 is 0. The second-order valence-electron chi connectivity index (χ2n) is 2.71. The summed E-state index contributed by atoms with van der Waals surface area (Å²) in [7, 11) is 0. The van der Waals surface area contributed by atoms with Crippen molar-refractivity contribution in [3.8, 4) is 0 Å².